The number of Topliss-reactive ketones (excluding diaryl/α,β-unsaturated/α-hetero) is 1. The number of nitrogens with one attached hydrogen (secondary N) is 1. The maximum absolute atomic E-state index is 12.5. The Bertz CT molecular complexity index is 774. The van der Waals surface area contributed by atoms with E-state index in [0.717, 1.165) is 17.7 Å². The van der Waals surface area contributed by atoms with Crippen LogP contribution in [0.1, 0.15) is 37.0 Å². The van der Waals surface area contributed by atoms with Gasteiger partial charge in [-0.3, -0.25) is 19.3 Å². The molecule has 1 aromatic rings. The molecule has 1 aliphatic carbocycles. The highest BCUT2D eigenvalue weighted by Gasteiger charge is 2.56. The van der Waals surface area contributed by atoms with Crippen LogP contribution in [-0.4, -0.2) is 46.8 Å². The maximum atomic E-state index is 12.5. The Kier molecular flexibility index (Phi) is 4.75. The average molecular weight is 379 g/mol. The molecule has 3 rings (SSSR count). The first-order chi connectivity index (χ1) is 12.2. The van der Waals surface area contributed by atoms with Gasteiger partial charge in [0.15, 0.2) is 6.10 Å². The number of urea groups is 1. The quantitative estimate of drug-likeness (QED) is 0.465. The molecule has 0 spiro atoms. The van der Waals surface area contributed by atoms with E-state index in [2.05, 4.69) is 5.32 Å². The molecule has 7 nitrogen and oxygen atoms in total. The second kappa shape index (κ2) is 6.72. The normalized spacial score (nSPS) is 23.6. The van der Waals surface area contributed by atoms with Crippen LogP contribution >= 0.6 is 11.6 Å². The number of halogens is 1. The molecule has 1 saturated carbocycles. The molecule has 1 saturated heterocycles. The Morgan fingerprint density at radius 2 is 1.92 bits per heavy atom. The second-order valence-electron chi connectivity index (χ2n) is 6.80. The van der Waals surface area contributed by atoms with E-state index >= 15 is 0 Å². The monoisotopic (exact) mass is 378 g/mol. The zero-order valence-corrected chi connectivity index (χ0v) is 15.2. The van der Waals surface area contributed by atoms with E-state index in [1.165, 1.54) is 19.1 Å². The highest BCUT2D eigenvalue weighted by Crippen LogP contribution is 2.42. The van der Waals surface area contributed by atoms with Crippen molar-refractivity contribution in [3.8, 4) is 0 Å². The smallest absolute Gasteiger partial charge is 0.326 e. The number of imide groups is 1. The van der Waals surface area contributed by atoms with Crippen molar-refractivity contribution in [3.05, 3.63) is 34.9 Å². The molecule has 1 N–H and O–H groups in total. The van der Waals surface area contributed by atoms with Crippen LogP contribution in [0, 0.1) is 5.92 Å². The van der Waals surface area contributed by atoms with Gasteiger partial charge in [0.05, 0.1) is 0 Å². The van der Waals surface area contributed by atoms with Crippen molar-refractivity contribution in [2.45, 2.75) is 38.3 Å². The lowest BCUT2D eigenvalue weighted by atomic mass is 9.96. The van der Waals surface area contributed by atoms with Gasteiger partial charge in [0, 0.05) is 10.6 Å². The molecule has 138 valence electrons. The Hall–Kier alpha value is -2.41. The molecule has 1 aliphatic heterocycles. The van der Waals surface area contributed by atoms with E-state index in [9.17, 15) is 19.2 Å². The highest BCUT2D eigenvalue weighted by atomic mass is 35.5. The molecule has 1 aromatic carbocycles. The van der Waals surface area contributed by atoms with E-state index in [4.69, 9.17) is 16.3 Å². The molecule has 2 fully saturated rings. The summed E-state index contributed by atoms with van der Waals surface area (Å²) < 4.78 is 5.10. The van der Waals surface area contributed by atoms with Gasteiger partial charge in [-0.15, -0.1) is 0 Å². The van der Waals surface area contributed by atoms with Gasteiger partial charge in [0.2, 0.25) is 5.78 Å². The minimum atomic E-state index is -1.04. The SMILES string of the molecule is C[C@@H](OC(=O)CN1C(=O)N[C@@](C)(C2CC2)C1=O)C(=O)c1ccc(Cl)cc1. The van der Waals surface area contributed by atoms with E-state index in [0.29, 0.717) is 10.6 Å². The van der Waals surface area contributed by atoms with Gasteiger partial charge in [-0.05, 0) is 56.9 Å². The van der Waals surface area contributed by atoms with Crippen LogP contribution in [0.3, 0.4) is 0 Å². The standard InChI is InChI=1S/C18H19ClN2O5/c1-10(15(23)11-3-7-13(19)8-4-11)26-14(22)9-21-16(24)18(2,12-5-6-12)20-17(21)25/h3-4,7-8,10,12H,5-6,9H2,1-2H3,(H,20,25)/t10-,18+/m1/s1. The van der Waals surface area contributed by atoms with Crippen molar-refractivity contribution in [2.24, 2.45) is 5.92 Å². The van der Waals surface area contributed by atoms with Gasteiger partial charge < -0.3 is 10.1 Å². The number of rotatable bonds is 6. The van der Waals surface area contributed by atoms with Crippen LogP contribution in [0.4, 0.5) is 4.79 Å². The first-order valence-corrected chi connectivity index (χ1v) is 8.73. The number of hydrogen-bond donors (Lipinski definition) is 1. The molecule has 2 aliphatic rings. The second-order valence-corrected chi connectivity index (χ2v) is 7.24. The van der Waals surface area contributed by atoms with Crippen LogP contribution in [0.15, 0.2) is 24.3 Å². The fraction of sp³-hybridized carbons (Fsp3) is 0.444. The van der Waals surface area contributed by atoms with Gasteiger partial charge >= 0.3 is 12.0 Å². The van der Waals surface area contributed by atoms with Gasteiger partial charge in [-0.1, -0.05) is 11.6 Å². The number of esters is 1. The molecule has 1 heterocycles. The molecular weight excluding hydrogens is 360 g/mol. The number of ketones is 1. The molecule has 0 unspecified atom stereocenters. The third-order valence-corrected chi connectivity index (χ3v) is 5.04. The summed E-state index contributed by atoms with van der Waals surface area (Å²) in [4.78, 5) is 49.8. The van der Waals surface area contributed by atoms with Gasteiger partial charge in [-0.2, -0.15) is 0 Å². The Morgan fingerprint density at radius 1 is 1.31 bits per heavy atom. The first kappa shape index (κ1) is 18.4. The predicted molar refractivity (Wildman–Crippen MR) is 92.7 cm³/mol. The molecule has 8 heteroatoms. The number of benzene rings is 1. The highest BCUT2D eigenvalue weighted by molar-refractivity contribution is 6.30. The summed E-state index contributed by atoms with van der Waals surface area (Å²) in [6.45, 7) is 2.59. The van der Waals surface area contributed by atoms with Crippen molar-refractivity contribution < 1.29 is 23.9 Å². The van der Waals surface area contributed by atoms with Crippen molar-refractivity contribution in [1.29, 1.82) is 0 Å². The molecule has 26 heavy (non-hydrogen) atoms. The topological polar surface area (TPSA) is 92.8 Å². The summed E-state index contributed by atoms with van der Waals surface area (Å²) in [5.74, 6) is -1.54. The molecule has 0 radical (unpaired) electrons. The zero-order valence-electron chi connectivity index (χ0n) is 14.5. The number of hydrogen-bond acceptors (Lipinski definition) is 5. The van der Waals surface area contributed by atoms with Crippen LogP contribution in [0.25, 0.3) is 0 Å². The summed E-state index contributed by atoms with van der Waals surface area (Å²) in [5, 5.41) is 3.14. The summed E-state index contributed by atoms with van der Waals surface area (Å²) in [6.07, 6.45) is 0.695. The fourth-order valence-corrected chi connectivity index (χ4v) is 3.19. The van der Waals surface area contributed by atoms with Crippen LogP contribution < -0.4 is 5.32 Å². The van der Waals surface area contributed by atoms with Crippen molar-refractivity contribution in [2.75, 3.05) is 6.54 Å². The third kappa shape index (κ3) is 3.44. The summed E-state index contributed by atoms with van der Waals surface area (Å²) in [6, 6.07) is 5.59. The average Bonchev–Trinajstić information content (AvgIpc) is 3.41. The summed E-state index contributed by atoms with van der Waals surface area (Å²) in [5.41, 5.74) is -0.603. The molecule has 3 amide bonds. The Morgan fingerprint density at radius 3 is 2.50 bits per heavy atom. The lowest BCUT2D eigenvalue weighted by molar-refractivity contribution is -0.150. The van der Waals surface area contributed by atoms with Crippen molar-refractivity contribution in [3.63, 3.8) is 0 Å². The van der Waals surface area contributed by atoms with Gasteiger partial charge in [0.1, 0.15) is 12.1 Å². The first-order valence-electron chi connectivity index (χ1n) is 8.35. The Balaban J connectivity index is 1.60. The van der Waals surface area contributed by atoms with Crippen LogP contribution in [0.2, 0.25) is 5.02 Å². The fourth-order valence-electron chi connectivity index (χ4n) is 3.06. The van der Waals surface area contributed by atoms with Crippen molar-refractivity contribution >= 4 is 35.3 Å². The number of amides is 3. The third-order valence-electron chi connectivity index (χ3n) is 4.79. The van der Waals surface area contributed by atoms with Crippen LogP contribution in [-0.2, 0) is 14.3 Å². The van der Waals surface area contributed by atoms with E-state index in [1.807, 2.05) is 0 Å². The van der Waals surface area contributed by atoms with E-state index in [-0.39, 0.29) is 5.92 Å². The lowest BCUT2D eigenvalue weighted by Crippen LogP contribution is -2.46. The zero-order chi connectivity index (χ0) is 19.1. The summed E-state index contributed by atoms with van der Waals surface area (Å²) >= 11 is 5.78. The number of nitrogens with zero attached hydrogens (tertiary/aromatic N) is 1. The maximum Gasteiger partial charge on any atom is 0.326 e. The van der Waals surface area contributed by atoms with E-state index < -0.39 is 41.9 Å². The van der Waals surface area contributed by atoms with Crippen LogP contribution in [0.5, 0.6) is 0 Å². The van der Waals surface area contributed by atoms with Gasteiger partial charge in [-0.25, -0.2) is 4.79 Å². The van der Waals surface area contributed by atoms with E-state index in [1.54, 1.807) is 19.1 Å². The Labute approximate surface area is 155 Å². The number of carbonyl (C=O) groups excluding carboxylic acids is 4. The molecular formula is C18H19ClN2O5. The molecule has 0 bridgehead atoms. The largest absolute Gasteiger partial charge is 0.453 e. The summed E-state index contributed by atoms with van der Waals surface area (Å²) in [7, 11) is 0. The minimum absolute atomic E-state index is 0.102. The predicted octanol–water partition coefficient (Wildman–Crippen LogP) is 2.17. The van der Waals surface area contributed by atoms with Crippen molar-refractivity contribution in [1.82, 2.24) is 10.2 Å². The molecule has 0 aromatic heterocycles. The number of carbonyl (C=O) groups is 4. The molecule has 2 atom stereocenters. The number of ether oxygens (including phenoxy) is 1. The lowest BCUT2D eigenvalue weighted by Gasteiger charge is -2.21. The van der Waals surface area contributed by atoms with Gasteiger partial charge in [0.25, 0.3) is 5.91 Å². The minimum Gasteiger partial charge on any atom is -0.453 e.